The lowest BCUT2D eigenvalue weighted by atomic mass is 10.0. The molecular weight excluding hydrogens is 242 g/mol. The first-order chi connectivity index (χ1) is 9.28. The second-order valence-corrected chi connectivity index (χ2v) is 4.80. The van der Waals surface area contributed by atoms with Gasteiger partial charge in [0.1, 0.15) is 11.5 Å². The van der Waals surface area contributed by atoms with Crippen LogP contribution in [0.25, 0.3) is 0 Å². The highest BCUT2D eigenvalue weighted by Crippen LogP contribution is 2.33. The molecule has 4 nitrogen and oxygen atoms in total. The third kappa shape index (κ3) is 3.39. The highest BCUT2D eigenvalue weighted by molar-refractivity contribution is 5.42. The van der Waals surface area contributed by atoms with Gasteiger partial charge in [0.2, 0.25) is 0 Å². The summed E-state index contributed by atoms with van der Waals surface area (Å²) >= 11 is 0. The minimum absolute atomic E-state index is 0.0235. The van der Waals surface area contributed by atoms with E-state index in [9.17, 15) is 0 Å². The largest absolute Gasteiger partial charge is 0.497 e. The van der Waals surface area contributed by atoms with Gasteiger partial charge in [0.25, 0.3) is 0 Å². The van der Waals surface area contributed by atoms with E-state index in [1.54, 1.807) is 14.2 Å². The van der Waals surface area contributed by atoms with Gasteiger partial charge in [0, 0.05) is 18.7 Å². The lowest BCUT2D eigenvalue weighted by molar-refractivity contribution is -0.0434. The van der Waals surface area contributed by atoms with Gasteiger partial charge in [0.05, 0.1) is 26.4 Å². The van der Waals surface area contributed by atoms with Crippen molar-refractivity contribution in [2.24, 2.45) is 0 Å². The van der Waals surface area contributed by atoms with Crippen molar-refractivity contribution in [3.05, 3.63) is 23.8 Å². The van der Waals surface area contributed by atoms with E-state index in [0.29, 0.717) is 0 Å². The molecule has 1 heterocycles. The molecule has 0 aliphatic carbocycles. The number of rotatable bonds is 5. The summed E-state index contributed by atoms with van der Waals surface area (Å²) < 4.78 is 16.9. The molecule has 0 spiro atoms. The van der Waals surface area contributed by atoms with E-state index in [1.165, 1.54) is 0 Å². The van der Waals surface area contributed by atoms with E-state index in [4.69, 9.17) is 14.2 Å². The molecule has 0 radical (unpaired) electrons. The first-order valence-electron chi connectivity index (χ1n) is 6.86. The minimum Gasteiger partial charge on any atom is -0.497 e. The Bertz CT molecular complexity index is 406. The maximum absolute atomic E-state index is 6.16. The van der Waals surface area contributed by atoms with Gasteiger partial charge in [-0.25, -0.2) is 0 Å². The van der Waals surface area contributed by atoms with Gasteiger partial charge in [-0.05, 0) is 24.6 Å². The van der Waals surface area contributed by atoms with Crippen molar-refractivity contribution in [2.75, 3.05) is 27.3 Å². The van der Waals surface area contributed by atoms with Crippen LogP contribution in [0, 0.1) is 0 Å². The molecule has 19 heavy (non-hydrogen) atoms. The van der Waals surface area contributed by atoms with Gasteiger partial charge >= 0.3 is 0 Å². The van der Waals surface area contributed by atoms with Crippen LogP contribution in [0.5, 0.6) is 11.5 Å². The number of morpholine rings is 1. The number of nitrogens with one attached hydrogen (secondary N) is 1. The molecule has 2 rings (SSSR count). The van der Waals surface area contributed by atoms with Crippen molar-refractivity contribution >= 4 is 0 Å². The zero-order valence-corrected chi connectivity index (χ0v) is 11.9. The number of benzene rings is 1. The van der Waals surface area contributed by atoms with E-state index >= 15 is 0 Å². The van der Waals surface area contributed by atoms with Crippen LogP contribution in [0.2, 0.25) is 0 Å². The number of hydrogen-bond donors (Lipinski definition) is 1. The number of methoxy groups -OCH3 is 2. The predicted molar refractivity (Wildman–Crippen MR) is 74.9 cm³/mol. The molecule has 1 saturated heterocycles. The van der Waals surface area contributed by atoms with Crippen LogP contribution in [0.3, 0.4) is 0 Å². The first kappa shape index (κ1) is 14.2. The Hall–Kier alpha value is -1.26. The van der Waals surface area contributed by atoms with Crippen LogP contribution < -0.4 is 14.8 Å². The van der Waals surface area contributed by atoms with E-state index in [-0.39, 0.29) is 12.2 Å². The smallest absolute Gasteiger partial charge is 0.124 e. The van der Waals surface area contributed by atoms with Gasteiger partial charge in [0.15, 0.2) is 0 Å². The van der Waals surface area contributed by atoms with E-state index in [0.717, 1.165) is 43.0 Å². The second-order valence-electron chi connectivity index (χ2n) is 4.80. The molecule has 2 unspecified atom stereocenters. The van der Waals surface area contributed by atoms with E-state index in [2.05, 4.69) is 12.2 Å². The lowest BCUT2D eigenvalue weighted by Gasteiger charge is -2.32. The zero-order chi connectivity index (χ0) is 13.7. The molecule has 1 aromatic rings. The summed E-state index contributed by atoms with van der Waals surface area (Å²) in [6.45, 7) is 3.92. The van der Waals surface area contributed by atoms with Gasteiger partial charge in [-0.15, -0.1) is 0 Å². The Labute approximate surface area is 115 Å². The van der Waals surface area contributed by atoms with E-state index in [1.807, 2.05) is 18.2 Å². The van der Waals surface area contributed by atoms with Crippen LogP contribution in [-0.2, 0) is 4.74 Å². The molecule has 0 saturated carbocycles. The average Bonchev–Trinajstić information content (AvgIpc) is 2.47. The third-order valence-electron chi connectivity index (χ3n) is 3.45. The summed E-state index contributed by atoms with van der Waals surface area (Å²) in [5, 5.41) is 3.44. The van der Waals surface area contributed by atoms with E-state index < -0.39 is 0 Å². The molecule has 1 fully saturated rings. The molecule has 2 atom stereocenters. The maximum Gasteiger partial charge on any atom is 0.124 e. The Morgan fingerprint density at radius 1 is 1.26 bits per heavy atom. The monoisotopic (exact) mass is 265 g/mol. The van der Waals surface area contributed by atoms with Crippen molar-refractivity contribution in [1.29, 1.82) is 0 Å². The molecular formula is C15H23NO3. The molecule has 1 N–H and O–H groups in total. The SMILES string of the molecule is CCCC1CNCC(c2cc(OC)ccc2OC)O1. The van der Waals surface area contributed by atoms with Crippen LogP contribution in [-0.4, -0.2) is 33.4 Å². The summed E-state index contributed by atoms with van der Waals surface area (Å²) in [5.41, 5.74) is 1.05. The quantitative estimate of drug-likeness (QED) is 0.888. The first-order valence-corrected chi connectivity index (χ1v) is 6.86. The Kier molecular flexibility index (Phi) is 5.05. The summed E-state index contributed by atoms with van der Waals surface area (Å²) in [5.74, 6) is 1.68. The summed E-state index contributed by atoms with van der Waals surface area (Å²) in [7, 11) is 3.36. The maximum atomic E-state index is 6.16. The van der Waals surface area contributed by atoms with Crippen molar-refractivity contribution in [3.8, 4) is 11.5 Å². The van der Waals surface area contributed by atoms with Crippen molar-refractivity contribution in [3.63, 3.8) is 0 Å². The highest BCUT2D eigenvalue weighted by atomic mass is 16.5. The molecule has 106 valence electrons. The topological polar surface area (TPSA) is 39.7 Å². The fourth-order valence-corrected chi connectivity index (χ4v) is 2.47. The third-order valence-corrected chi connectivity index (χ3v) is 3.45. The van der Waals surface area contributed by atoms with Crippen LogP contribution in [0.1, 0.15) is 31.4 Å². The fraction of sp³-hybridized carbons (Fsp3) is 0.600. The number of hydrogen-bond acceptors (Lipinski definition) is 4. The van der Waals surface area contributed by atoms with Gasteiger partial charge < -0.3 is 19.5 Å². The summed E-state index contributed by atoms with van der Waals surface area (Å²) in [6.07, 6.45) is 2.51. The molecule has 1 aliphatic heterocycles. The van der Waals surface area contributed by atoms with Crippen LogP contribution in [0.4, 0.5) is 0 Å². The molecule has 1 aromatic carbocycles. The van der Waals surface area contributed by atoms with Gasteiger partial charge in [-0.2, -0.15) is 0 Å². The van der Waals surface area contributed by atoms with Crippen molar-refractivity contribution in [1.82, 2.24) is 5.32 Å². The molecule has 0 aromatic heterocycles. The lowest BCUT2D eigenvalue weighted by Crippen LogP contribution is -2.40. The number of ether oxygens (including phenoxy) is 3. The summed E-state index contributed by atoms with van der Waals surface area (Å²) in [6, 6.07) is 5.84. The second kappa shape index (κ2) is 6.78. The van der Waals surface area contributed by atoms with Crippen LogP contribution in [0.15, 0.2) is 18.2 Å². The zero-order valence-electron chi connectivity index (χ0n) is 11.9. The van der Waals surface area contributed by atoms with Crippen LogP contribution >= 0.6 is 0 Å². The van der Waals surface area contributed by atoms with Gasteiger partial charge in [-0.3, -0.25) is 0 Å². The standard InChI is InChI=1S/C15H23NO3/c1-4-5-12-9-16-10-15(19-12)13-8-11(17-2)6-7-14(13)18-3/h6-8,12,15-16H,4-5,9-10H2,1-3H3. The average molecular weight is 265 g/mol. The molecule has 4 heteroatoms. The molecule has 0 bridgehead atoms. The molecule has 1 aliphatic rings. The highest BCUT2D eigenvalue weighted by Gasteiger charge is 2.25. The predicted octanol–water partition coefficient (Wildman–Crippen LogP) is 2.53. The van der Waals surface area contributed by atoms with Gasteiger partial charge in [-0.1, -0.05) is 13.3 Å². The Morgan fingerprint density at radius 3 is 2.79 bits per heavy atom. The minimum atomic E-state index is 0.0235. The van der Waals surface area contributed by atoms with Crippen molar-refractivity contribution in [2.45, 2.75) is 32.0 Å². The Balaban J connectivity index is 2.19. The normalized spacial score (nSPS) is 23.1. The van der Waals surface area contributed by atoms with Crippen molar-refractivity contribution < 1.29 is 14.2 Å². The Morgan fingerprint density at radius 2 is 2.11 bits per heavy atom. The molecule has 0 amide bonds. The fourth-order valence-electron chi connectivity index (χ4n) is 2.47. The summed E-state index contributed by atoms with van der Waals surface area (Å²) in [4.78, 5) is 0.